The lowest BCUT2D eigenvalue weighted by Gasteiger charge is -2.07. The molecule has 0 radical (unpaired) electrons. The Kier molecular flexibility index (Phi) is 8.58. The number of nitrogens with two attached hydrogens (primary N) is 2. The monoisotopic (exact) mass is 238 g/mol. The zero-order valence-electron chi connectivity index (χ0n) is 9.07. The first-order valence-corrected chi connectivity index (χ1v) is 4.44. The first-order chi connectivity index (χ1) is 7.11. The molecule has 0 saturated heterocycles. The van der Waals surface area contributed by atoms with Gasteiger partial charge in [0.2, 0.25) is 0 Å². The molecule has 0 aliphatic rings. The fourth-order valence-corrected chi connectivity index (χ4v) is 0.413. The second kappa shape index (κ2) is 7.99. The molecule has 0 aromatic carbocycles. The summed E-state index contributed by atoms with van der Waals surface area (Å²) in [5.74, 6) is -2.36. The second-order valence-electron chi connectivity index (χ2n) is 3.21. The van der Waals surface area contributed by atoms with E-state index in [0.29, 0.717) is 0 Å². The van der Waals surface area contributed by atoms with E-state index in [9.17, 15) is 9.59 Å². The minimum Gasteiger partial charge on any atom is -0.480 e. The van der Waals surface area contributed by atoms with Crippen molar-refractivity contribution in [3.63, 3.8) is 0 Å². The highest BCUT2D eigenvalue weighted by Crippen LogP contribution is 1.86. The highest BCUT2D eigenvalue weighted by Gasteiger charge is 2.16. The topological polar surface area (TPSA) is 167 Å². The predicted octanol–water partition coefficient (Wildman–Crippen LogP) is -2.44. The lowest BCUT2D eigenvalue weighted by molar-refractivity contribution is -0.141. The molecule has 0 aromatic rings. The SMILES string of the molecule is C[C@@H](O)[C@H](N)C(=O)O.C[C@@H](O)[C@H](N)C(=O)O. The molecule has 0 spiro atoms. The summed E-state index contributed by atoms with van der Waals surface area (Å²) in [5.41, 5.74) is 9.82. The van der Waals surface area contributed by atoms with Gasteiger partial charge in [-0.05, 0) is 13.8 Å². The molecule has 0 rings (SSSR count). The van der Waals surface area contributed by atoms with Crippen LogP contribution in [0.2, 0.25) is 0 Å². The molecule has 8 heteroatoms. The maximum absolute atomic E-state index is 9.86. The number of carbonyl (C=O) groups is 2. The number of aliphatic carboxylic acids is 2. The van der Waals surface area contributed by atoms with E-state index in [0.717, 1.165) is 0 Å². The Morgan fingerprint density at radius 2 is 1.06 bits per heavy atom. The molecule has 8 nitrogen and oxygen atoms in total. The van der Waals surface area contributed by atoms with Crippen molar-refractivity contribution in [1.82, 2.24) is 0 Å². The summed E-state index contributed by atoms with van der Waals surface area (Å²) in [4.78, 5) is 19.7. The molecule has 0 amide bonds. The van der Waals surface area contributed by atoms with Crippen LogP contribution < -0.4 is 11.5 Å². The minimum absolute atomic E-state index is 0.979. The smallest absolute Gasteiger partial charge is 0.323 e. The van der Waals surface area contributed by atoms with Gasteiger partial charge in [-0.3, -0.25) is 9.59 Å². The van der Waals surface area contributed by atoms with Crippen molar-refractivity contribution in [3.05, 3.63) is 0 Å². The van der Waals surface area contributed by atoms with Gasteiger partial charge in [-0.2, -0.15) is 0 Å². The van der Waals surface area contributed by atoms with Crippen LogP contribution in [0.25, 0.3) is 0 Å². The summed E-state index contributed by atoms with van der Waals surface area (Å²) in [6.45, 7) is 2.66. The van der Waals surface area contributed by atoms with E-state index < -0.39 is 36.2 Å². The Morgan fingerprint density at radius 1 is 0.875 bits per heavy atom. The normalized spacial score (nSPS) is 17.4. The van der Waals surface area contributed by atoms with E-state index in [2.05, 4.69) is 0 Å². The highest BCUT2D eigenvalue weighted by atomic mass is 16.4. The molecule has 0 fully saturated rings. The van der Waals surface area contributed by atoms with E-state index in [1.807, 2.05) is 0 Å². The Balaban J connectivity index is 0. The van der Waals surface area contributed by atoms with E-state index in [-0.39, 0.29) is 0 Å². The maximum Gasteiger partial charge on any atom is 0.323 e. The van der Waals surface area contributed by atoms with Crippen molar-refractivity contribution in [2.24, 2.45) is 11.5 Å². The Bertz CT molecular complexity index is 207. The van der Waals surface area contributed by atoms with Crippen LogP contribution in [0.1, 0.15) is 13.8 Å². The van der Waals surface area contributed by atoms with E-state index >= 15 is 0 Å². The Labute approximate surface area is 92.5 Å². The third kappa shape index (κ3) is 8.12. The van der Waals surface area contributed by atoms with Crippen molar-refractivity contribution >= 4 is 11.9 Å². The molecular formula is C8H18N2O6. The largest absolute Gasteiger partial charge is 0.480 e. The van der Waals surface area contributed by atoms with Crippen molar-refractivity contribution < 1.29 is 30.0 Å². The number of carboxylic acids is 2. The van der Waals surface area contributed by atoms with Crippen molar-refractivity contribution in [2.75, 3.05) is 0 Å². The summed E-state index contributed by atoms with van der Waals surface area (Å²) in [6, 6.07) is -2.31. The molecule has 0 aliphatic heterocycles. The van der Waals surface area contributed by atoms with Crippen LogP contribution in [-0.4, -0.2) is 56.7 Å². The number of rotatable bonds is 4. The Morgan fingerprint density at radius 3 is 1.06 bits per heavy atom. The third-order valence-corrected chi connectivity index (χ3v) is 1.61. The average Bonchev–Trinajstić information content (AvgIpc) is 2.15. The van der Waals surface area contributed by atoms with E-state index in [4.69, 9.17) is 31.9 Å². The van der Waals surface area contributed by atoms with Crippen LogP contribution in [0.3, 0.4) is 0 Å². The van der Waals surface area contributed by atoms with Crippen LogP contribution in [-0.2, 0) is 9.59 Å². The van der Waals surface area contributed by atoms with Gasteiger partial charge >= 0.3 is 11.9 Å². The van der Waals surface area contributed by atoms with Crippen molar-refractivity contribution in [3.8, 4) is 0 Å². The van der Waals surface area contributed by atoms with Crippen molar-refractivity contribution in [2.45, 2.75) is 38.1 Å². The first-order valence-electron chi connectivity index (χ1n) is 4.44. The fraction of sp³-hybridized carbons (Fsp3) is 0.750. The van der Waals surface area contributed by atoms with Crippen LogP contribution in [0.5, 0.6) is 0 Å². The maximum atomic E-state index is 9.86. The van der Waals surface area contributed by atoms with Gasteiger partial charge in [-0.25, -0.2) is 0 Å². The molecule has 16 heavy (non-hydrogen) atoms. The quantitative estimate of drug-likeness (QED) is 0.314. The Hall–Kier alpha value is -1.22. The number of aliphatic hydroxyl groups excluding tert-OH is 2. The van der Waals surface area contributed by atoms with E-state index in [1.165, 1.54) is 13.8 Å². The standard InChI is InChI=1S/2C4H9NO3/c2*1-2(6)3(5)4(7)8/h2*2-3,6H,5H2,1H3,(H,7,8)/t2*2-,3+/m11/s1. The fourth-order valence-electron chi connectivity index (χ4n) is 0.413. The van der Waals surface area contributed by atoms with E-state index in [1.54, 1.807) is 0 Å². The summed E-state index contributed by atoms with van der Waals surface area (Å²) >= 11 is 0. The van der Waals surface area contributed by atoms with Crippen LogP contribution in [0.4, 0.5) is 0 Å². The zero-order chi connectivity index (χ0) is 13.5. The molecule has 0 saturated carbocycles. The predicted molar refractivity (Wildman–Crippen MR) is 54.6 cm³/mol. The van der Waals surface area contributed by atoms with Gasteiger partial charge < -0.3 is 31.9 Å². The van der Waals surface area contributed by atoms with Gasteiger partial charge in [0.15, 0.2) is 0 Å². The summed E-state index contributed by atoms with van der Waals surface area (Å²) in [5, 5.41) is 33.1. The third-order valence-electron chi connectivity index (χ3n) is 1.61. The summed E-state index contributed by atoms with van der Waals surface area (Å²) < 4.78 is 0. The number of hydrogen-bond acceptors (Lipinski definition) is 6. The van der Waals surface area contributed by atoms with Crippen LogP contribution in [0.15, 0.2) is 0 Å². The first kappa shape index (κ1) is 17.2. The molecular weight excluding hydrogens is 220 g/mol. The zero-order valence-corrected chi connectivity index (χ0v) is 9.07. The van der Waals surface area contributed by atoms with Gasteiger partial charge in [0.25, 0.3) is 0 Å². The van der Waals surface area contributed by atoms with Crippen LogP contribution >= 0.6 is 0 Å². The number of hydrogen-bond donors (Lipinski definition) is 6. The van der Waals surface area contributed by atoms with Gasteiger partial charge in [-0.15, -0.1) is 0 Å². The molecule has 0 aliphatic carbocycles. The molecule has 4 atom stereocenters. The number of carboxylic acid groups (broad SMARTS) is 2. The highest BCUT2D eigenvalue weighted by molar-refractivity contribution is 5.74. The van der Waals surface area contributed by atoms with Gasteiger partial charge in [-0.1, -0.05) is 0 Å². The van der Waals surface area contributed by atoms with Gasteiger partial charge in [0.05, 0.1) is 12.2 Å². The second-order valence-corrected chi connectivity index (χ2v) is 3.21. The molecule has 96 valence electrons. The molecule has 8 N–H and O–H groups in total. The number of aliphatic hydroxyl groups is 2. The minimum atomic E-state index is -1.18. The molecule has 0 heterocycles. The van der Waals surface area contributed by atoms with Gasteiger partial charge in [0.1, 0.15) is 12.1 Å². The molecule has 0 bridgehead atoms. The lowest BCUT2D eigenvalue weighted by Crippen LogP contribution is -2.39. The summed E-state index contributed by atoms with van der Waals surface area (Å²) in [7, 11) is 0. The van der Waals surface area contributed by atoms with Gasteiger partial charge in [0, 0.05) is 0 Å². The molecule has 0 unspecified atom stereocenters. The van der Waals surface area contributed by atoms with Crippen molar-refractivity contribution in [1.29, 1.82) is 0 Å². The lowest BCUT2D eigenvalue weighted by atomic mass is 10.2. The average molecular weight is 238 g/mol. The summed E-state index contributed by atoms with van der Waals surface area (Å²) in [6.07, 6.45) is -1.96. The van der Waals surface area contributed by atoms with Crippen LogP contribution in [0, 0.1) is 0 Å². The molecule has 0 aromatic heterocycles.